The van der Waals surface area contributed by atoms with Crippen LogP contribution in [0, 0.1) is 0 Å². The summed E-state index contributed by atoms with van der Waals surface area (Å²) in [4.78, 5) is 17.0. The van der Waals surface area contributed by atoms with Crippen LogP contribution in [0.15, 0.2) is 34.3 Å². The summed E-state index contributed by atoms with van der Waals surface area (Å²) >= 11 is 1.45. The molecule has 0 N–H and O–H groups in total. The second-order valence-electron chi connectivity index (χ2n) is 5.84. The van der Waals surface area contributed by atoms with E-state index in [9.17, 15) is 4.79 Å². The largest absolute Gasteiger partial charge is 0.467 e. The van der Waals surface area contributed by atoms with E-state index in [0.717, 1.165) is 43.6 Å². The summed E-state index contributed by atoms with van der Waals surface area (Å²) < 4.78 is 7.27. The van der Waals surface area contributed by atoms with Gasteiger partial charge in [-0.05, 0) is 25.6 Å². The minimum Gasteiger partial charge on any atom is -0.467 e. The van der Waals surface area contributed by atoms with Gasteiger partial charge in [-0.15, -0.1) is 10.2 Å². The first-order valence-corrected chi connectivity index (χ1v) is 9.13. The summed E-state index contributed by atoms with van der Waals surface area (Å²) in [6.07, 6.45) is 3.32. The molecule has 1 aliphatic heterocycles. The van der Waals surface area contributed by atoms with Gasteiger partial charge in [-0.2, -0.15) is 0 Å². The minimum absolute atomic E-state index is 0.170. The Hall–Kier alpha value is -1.80. The van der Waals surface area contributed by atoms with Crippen LogP contribution in [0.1, 0.15) is 19.6 Å². The number of furan rings is 1. The normalized spacial score (nSPS) is 17.2. The highest BCUT2D eigenvalue weighted by atomic mass is 32.2. The third-order valence-corrected chi connectivity index (χ3v) is 5.33. The van der Waals surface area contributed by atoms with Crippen LogP contribution in [0.3, 0.4) is 0 Å². The Balaban J connectivity index is 1.58. The Morgan fingerprint density at radius 2 is 2.17 bits per heavy atom. The summed E-state index contributed by atoms with van der Waals surface area (Å²) in [6.45, 7) is 9.21. The average molecular weight is 349 g/mol. The second kappa shape index (κ2) is 7.85. The molecule has 0 bridgehead atoms. The Labute approximate surface area is 146 Å². The molecule has 0 aromatic carbocycles. The van der Waals surface area contributed by atoms with Crippen LogP contribution >= 0.6 is 11.8 Å². The van der Waals surface area contributed by atoms with Crippen molar-refractivity contribution < 1.29 is 9.21 Å². The molecular formula is C16H23N5O2S. The third-order valence-electron chi connectivity index (χ3n) is 4.25. The number of carbonyl (C=O) groups is 1. The van der Waals surface area contributed by atoms with E-state index in [-0.39, 0.29) is 11.2 Å². The van der Waals surface area contributed by atoms with Crippen LogP contribution in [-0.2, 0) is 11.3 Å². The number of piperazine rings is 1. The van der Waals surface area contributed by atoms with Gasteiger partial charge in [0, 0.05) is 26.2 Å². The quantitative estimate of drug-likeness (QED) is 0.738. The van der Waals surface area contributed by atoms with Crippen LogP contribution in [0.4, 0.5) is 0 Å². The van der Waals surface area contributed by atoms with E-state index in [0.29, 0.717) is 6.54 Å². The van der Waals surface area contributed by atoms with Gasteiger partial charge in [0.1, 0.15) is 12.1 Å². The van der Waals surface area contributed by atoms with Gasteiger partial charge in [0.25, 0.3) is 0 Å². The van der Waals surface area contributed by atoms with Crippen molar-refractivity contribution in [1.29, 1.82) is 0 Å². The van der Waals surface area contributed by atoms with Crippen molar-refractivity contribution in [2.75, 3.05) is 32.7 Å². The summed E-state index contributed by atoms with van der Waals surface area (Å²) in [5.74, 6) is 1.01. The number of aromatic nitrogens is 3. The number of nitrogens with zero attached hydrogens (tertiary/aromatic N) is 5. The van der Waals surface area contributed by atoms with E-state index in [4.69, 9.17) is 4.42 Å². The highest BCUT2D eigenvalue weighted by Crippen LogP contribution is 2.23. The van der Waals surface area contributed by atoms with Crippen LogP contribution in [0.2, 0.25) is 0 Å². The fourth-order valence-electron chi connectivity index (χ4n) is 2.76. The van der Waals surface area contributed by atoms with Crippen molar-refractivity contribution in [1.82, 2.24) is 24.6 Å². The monoisotopic (exact) mass is 349 g/mol. The van der Waals surface area contributed by atoms with Crippen molar-refractivity contribution in [3.8, 4) is 0 Å². The molecule has 1 amide bonds. The maximum absolute atomic E-state index is 12.7. The predicted octanol–water partition coefficient (Wildman–Crippen LogP) is 1.56. The van der Waals surface area contributed by atoms with E-state index >= 15 is 0 Å². The number of amides is 1. The SMILES string of the molecule is CCN1CCN(C(=O)C(C)Sc2nncn2Cc2ccco2)CC1. The fraction of sp³-hybridized carbons (Fsp3) is 0.562. The second-order valence-corrected chi connectivity index (χ2v) is 7.15. The van der Waals surface area contributed by atoms with E-state index in [1.165, 1.54) is 11.8 Å². The Morgan fingerprint density at radius 1 is 1.38 bits per heavy atom. The number of carbonyl (C=O) groups excluding carboxylic acids is 1. The maximum Gasteiger partial charge on any atom is 0.235 e. The summed E-state index contributed by atoms with van der Waals surface area (Å²) in [7, 11) is 0. The predicted molar refractivity (Wildman–Crippen MR) is 91.8 cm³/mol. The van der Waals surface area contributed by atoms with Gasteiger partial charge in [-0.25, -0.2) is 0 Å². The van der Waals surface area contributed by atoms with Gasteiger partial charge in [-0.1, -0.05) is 18.7 Å². The summed E-state index contributed by atoms with van der Waals surface area (Å²) in [5.41, 5.74) is 0. The zero-order valence-electron chi connectivity index (χ0n) is 14.1. The van der Waals surface area contributed by atoms with Crippen molar-refractivity contribution in [3.63, 3.8) is 0 Å². The Morgan fingerprint density at radius 3 is 2.83 bits per heavy atom. The van der Waals surface area contributed by atoms with Crippen LogP contribution < -0.4 is 0 Å². The molecule has 7 nitrogen and oxygen atoms in total. The molecule has 3 heterocycles. The molecule has 2 aromatic heterocycles. The standard InChI is InChI=1S/C16H23N5O2S/c1-3-19-6-8-20(9-7-19)15(22)13(2)24-16-18-17-12-21(16)11-14-5-4-10-23-14/h4-5,10,12-13H,3,6-9,11H2,1-2H3. The van der Waals surface area contributed by atoms with Gasteiger partial charge < -0.3 is 18.8 Å². The lowest BCUT2D eigenvalue weighted by molar-refractivity contribution is -0.132. The molecule has 24 heavy (non-hydrogen) atoms. The first kappa shape index (κ1) is 17.0. The zero-order chi connectivity index (χ0) is 16.9. The summed E-state index contributed by atoms with van der Waals surface area (Å²) in [5, 5.41) is 8.67. The molecule has 3 rings (SSSR count). The molecule has 8 heteroatoms. The highest BCUT2D eigenvalue weighted by Gasteiger charge is 2.26. The molecule has 1 saturated heterocycles. The van der Waals surface area contributed by atoms with E-state index in [2.05, 4.69) is 22.0 Å². The molecule has 1 fully saturated rings. The average Bonchev–Trinajstić information content (AvgIpc) is 3.27. The maximum atomic E-state index is 12.7. The number of rotatable bonds is 6. The van der Waals surface area contributed by atoms with Crippen LogP contribution in [0.25, 0.3) is 0 Å². The molecule has 0 saturated carbocycles. The topological polar surface area (TPSA) is 67.4 Å². The third kappa shape index (κ3) is 3.99. The first-order valence-electron chi connectivity index (χ1n) is 8.25. The Kier molecular flexibility index (Phi) is 5.57. The minimum atomic E-state index is -0.183. The van der Waals surface area contributed by atoms with Gasteiger partial charge in [0.05, 0.1) is 18.1 Å². The lowest BCUT2D eigenvalue weighted by Gasteiger charge is -2.35. The summed E-state index contributed by atoms with van der Waals surface area (Å²) in [6, 6.07) is 3.77. The molecule has 130 valence electrons. The first-order chi connectivity index (χ1) is 11.7. The smallest absolute Gasteiger partial charge is 0.235 e. The van der Waals surface area contributed by atoms with Gasteiger partial charge in [0.2, 0.25) is 5.91 Å². The zero-order valence-corrected chi connectivity index (χ0v) is 14.9. The lowest BCUT2D eigenvalue weighted by atomic mass is 10.3. The lowest BCUT2D eigenvalue weighted by Crippen LogP contribution is -2.50. The van der Waals surface area contributed by atoms with Crippen molar-refractivity contribution >= 4 is 17.7 Å². The molecule has 1 aliphatic rings. The van der Waals surface area contributed by atoms with Gasteiger partial charge in [0.15, 0.2) is 5.16 Å². The van der Waals surface area contributed by atoms with E-state index in [1.807, 2.05) is 28.5 Å². The fourth-order valence-corrected chi connectivity index (χ4v) is 3.67. The highest BCUT2D eigenvalue weighted by molar-refractivity contribution is 8.00. The molecule has 1 atom stereocenters. The molecular weight excluding hydrogens is 326 g/mol. The molecule has 0 aliphatic carbocycles. The van der Waals surface area contributed by atoms with Crippen LogP contribution in [-0.4, -0.2) is 68.4 Å². The number of likely N-dealkylation sites (N-methyl/N-ethyl adjacent to an activating group) is 1. The van der Waals surface area contributed by atoms with Gasteiger partial charge >= 0.3 is 0 Å². The molecule has 2 aromatic rings. The van der Waals surface area contributed by atoms with Crippen molar-refractivity contribution in [2.24, 2.45) is 0 Å². The number of hydrogen-bond donors (Lipinski definition) is 0. The van der Waals surface area contributed by atoms with Crippen molar-refractivity contribution in [3.05, 3.63) is 30.5 Å². The molecule has 1 unspecified atom stereocenters. The molecule has 0 radical (unpaired) electrons. The Bertz CT molecular complexity index is 649. The number of hydrogen-bond acceptors (Lipinski definition) is 6. The van der Waals surface area contributed by atoms with E-state index in [1.54, 1.807) is 12.6 Å². The van der Waals surface area contributed by atoms with Crippen molar-refractivity contribution in [2.45, 2.75) is 30.8 Å². The molecule has 0 spiro atoms. The van der Waals surface area contributed by atoms with Crippen LogP contribution in [0.5, 0.6) is 0 Å². The van der Waals surface area contributed by atoms with E-state index < -0.39 is 0 Å². The number of thioether (sulfide) groups is 1. The van der Waals surface area contributed by atoms with Gasteiger partial charge in [-0.3, -0.25) is 4.79 Å².